The minimum atomic E-state index is -0.226. The number of amides is 1. The lowest BCUT2D eigenvalue weighted by Gasteiger charge is -2.32. The average Bonchev–Trinajstić information content (AvgIpc) is 2.67. The van der Waals surface area contributed by atoms with Gasteiger partial charge in [-0.1, -0.05) is 29.8 Å². The highest BCUT2D eigenvalue weighted by molar-refractivity contribution is 6.29. The van der Waals surface area contributed by atoms with Crippen molar-refractivity contribution in [2.24, 2.45) is 5.92 Å². The number of benzene rings is 1. The van der Waals surface area contributed by atoms with Gasteiger partial charge in [-0.25, -0.2) is 9.37 Å². The van der Waals surface area contributed by atoms with Crippen LogP contribution in [0.3, 0.4) is 0 Å². The fourth-order valence-corrected chi connectivity index (χ4v) is 3.27. The summed E-state index contributed by atoms with van der Waals surface area (Å²) in [6.45, 7) is 2.38. The molecular weight excluding hydrogens is 355 g/mol. The zero-order valence-electron chi connectivity index (χ0n) is 14.5. The molecule has 6 heteroatoms. The summed E-state index contributed by atoms with van der Waals surface area (Å²) in [5.74, 6) is 0.308. The molecule has 2 aromatic rings. The summed E-state index contributed by atoms with van der Waals surface area (Å²) in [5.41, 5.74) is 1.16. The van der Waals surface area contributed by atoms with Crippen LogP contribution in [0.2, 0.25) is 5.15 Å². The van der Waals surface area contributed by atoms with E-state index in [1.165, 1.54) is 12.3 Å². The third-order valence-electron chi connectivity index (χ3n) is 4.76. The van der Waals surface area contributed by atoms with Gasteiger partial charge in [0.25, 0.3) is 5.91 Å². The number of carbonyl (C=O) groups excluding carboxylic acids is 1. The highest BCUT2D eigenvalue weighted by Gasteiger charge is 2.23. The summed E-state index contributed by atoms with van der Waals surface area (Å²) < 4.78 is 19.1. The number of hydrogen-bond acceptors (Lipinski definition) is 3. The van der Waals surface area contributed by atoms with E-state index in [1.807, 2.05) is 11.0 Å². The van der Waals surface area contributed by atoms with Crippen molar-refractivity contribution in [3.8, 4) is 0 Å². The number of halogens is 2. The van der Waals surface area contributed by atoms with Crippen LogP contribution in [0.25, 0.3) is 0 Å². The van der Waals surface area contributed by atoms with Crippen LogP contribution in [-0.2, 0) is 11.3 Å². The summed E-state index contributed by atoms with van der Waals surface area (Å²) in [7, 11) is 0. The summed E-state index contributed by atoms with van der Waals surface area (Å²) in [6.07, 6.45) is 4.36. The van der Waals surface area contributed by atoms with Gasteiger partial charge < -0.3 is 9.64 Å². The smallest absolute Gasteiger partial charge is 0.255 e. The van der Waals surface area contributed by atoms with Crippen LogP contribution in [-0.4, -0.2) is 35.5 Å². The molecule has 4 nitrogen and oxygen atoms in total. The van der Waals surface area contributed by atoms with Crippen molar-refractivity contribution in [3.05, 3.63) is 64.7 Å². The highest BCUT2D eigenvalue weighted by Crippen LogP contribution is 2.22. The van der Waals surface area contributed by atoms with Crippen LogP contribution in [0.4, 0.5) is 4.39 Å². The molecule has 2 heterocycles. The number of pyridine rings is 1. The minimum absolute atomic E-state index is 0.00317. The van der Waals surface area contributed by atoms with Gasteiger partial charge >= 0.3 is 0 Å². The lowest BCUT2D eigenvalue weighted by molar-refractivity contribution is 0.0636. The molecule has 0 unspecified atom stereocenters. The van der Waals surface area contributed by atoms with Gasteiger partial charge in [-0.05, 0) is 43.4 Å². The van der Waals surface area contributed by atoms with E-state index in [0.717, 1.165) is 32.4 Å². The SMILES string of the molecule is O=C(c1ccc(Cl)nc1)N1CCC(CCOCc2ccccc2F)CC1. The normalized spacial score (nSPS) is 15.2. The van der Waals surface area contributed by atoms with Crippen molar-refractivity contribution < 1.29 is 13.9 Å². The molecule has 138 valence electrons. The number of nitrogens with zero attached hydrogens (tertiary/aromatic N) is 2. The first-order chi connectivity index (χ1) is 12.6. The van der Waals surface area contributed by atoms with Gasteiger partial charge in [-0.15, -0.1) is 0 Å². The van der Waals surface area contributed by atoms with E-state index in [4.69, 9.17) is 16.3 Å². The monoisotopic (exact) mass is 376 g/mol. The maximum Gasteiger partial charge on any atom is 0.255 e. The largest absolute Gasteiger partial charge is 0.377 e. The molecule has 0 N–H and O–H groups in total. The Hall–Kier alpha value is -1.98. The Morgan fingerprint density at radius 2 is 2.00 bits per heavy atom. The second-order valence-corrected chi connectivity index (χ2v) is 6.93. The maximum absolute atomic E-state index is 13.5. The first-order valence-corrected chi connectivity index (χ1v) is 9.23. The minimum Gasteiger partial charge on any atom is -0.377 e. The van der Waals surface area contributed by atoms with Gasteiger partial charge in [0, 0.05) is 31.5 Å². The lowest BCUT2D eigenvalue weighted by atomic mass is 9.93. The Morgan fingerprint density at radius 1 is 1.23 bits per heavy atom. The molecule has 1 amide bonds. The summed E-state index contributed by atoms with van der Waals surface area (Å²) in [4.78, 5) is 18.3. The highest BCUT2D eigenvalue weighted by atomic mass is 35.5. The van der Waals surface area contributed by atoms with E-state index >= 15 is 0 Å². The van der Waals surface area contributed by atoms with Gasteiger partial charge in [-0.3, -0.25) is 4.79 Å². The second-order valence-electron chi connectivity index (χ2n) is 6.54. The van der Waals surface area contributed by atoms with Gasteiger partial charge in [-0.2, -0.15) is 0 Å². The topological polar surface area (TPSA) is 42.4 Å². The second kappa shape index (κ2) is 9.10. The van der Waals surface area contributed by atoms with E-state index < -0.39 is 0 Å². The fourth-order valence-electron chi connectivity index (χ4n) is 3.16. The molecule has 1 fully saturated rings. The number of piperidine rings is 1. The van der Waals surface area contributed by atoms with Crippen molar-refractivity contribution in [2.45, 2.75) is 25.9 Å². The van der Waals surface area contributed by atoms with Crippen molar-refractivity contribution in [3.63, 3.8) is 0 Å². The molecule has 26 heavy (non-hydrogen) atoms. The number of ether oxygens (including phenoxy) is 1. The molecule has 3 rings (SSSR count). The van der Waals surface area contributed by atoms with Gasteiger partial charge in [0.15, 0.2) is 0 Å². The summed E-state index contributed by atoms with van der Waals surface area (Å²) in [6, 6.07) is 10.0. The fraction of sp³-hybridized carbons (Fsp3) is 0.400. The zero-order valence-corrected chi connectivity index (χ0v) is 15.3. The van der Waals surface area contributed by atoms with Gasteiger partial charge in [0.05, 0.1) is 12.2 Å². The van der Waals surface area contributed by atoms with Gasteiger partial charge in [0.1, 0.15) is 11.0 Å². The van der Waals surface area contributed by atoms with E-state index in [2.05, 4.69) is 4.98 Å². The molecule has 1 aromatic carbocycles. The van der Waals surface area contributed by atoms with Crippen LogP contribution >= 0.6 is 11.6 Å². The van der Waals surface area contributed by atoms with Crippen molar-refractivity contribution >= 4 is 17.5 Å². The van der Waals surface area contributed by atoms with Crippen molar-refractivity contribution in [1.82, 2.24) is 9.88 Å². The first kappa shape index (κ1) is 18.8. The Morgan fingerprint density at radius 3 is 2.69 bits per heavy atom. The molecule has 0 spiro atoms. The predicted octanol–water partition coefficient (Wildman–Crippen LogP) is 4.33. The third-order valence-corrected chi connectivity index (χ3v) is 4.99. The Balaban J connectivity index is 1.38. The van der Waals surface area contributed by atoms with E-state index in [0.29, 0.717) is 35.4 Å². The molecule has 1 aromatic heterocycles. The van der Waals surface area contributed by atoms with Crippen LogP contribution in [0.1, 0.15) is 35.2 Å². The maximum atomic E-state index is 13.5. The molecule has 1 aliphatic heterocycles. The number of carbonyl (C=O) groups is 1. The van der Waals surface area contributed by atoms with E-state index in [9.17, 15) is 9.18 Å². The number of rotatable bonds is 6. The van der Waals surface area contributed by atoms with Crippen LogP contribution < -0.4 is 0 Å². The predicted molar refractivity (Wildman–Crippen MR) is 98.5 cm³/mol. The molecule has 1 saturated heterocycles. The third kappa shape index (κ3) is 5.02. The molecule has 0 saturated carbocycles. The zero-order chi connectivity index (χ0) is 18.4. The molecular formula is C20H22ClFN2O2. The molecule has 1 aliphatic rings. The number of hydrogen-bond donors (Lipinski definition) is 0. The van der Waals surface area contributed by atoms with Crippen LogP contribution in [0, 0.1) is 11.7 Å². The number of aromatic nitrogens is 1. The van der Waals surface area contributed by atoms with Crippen LogP contribution in [0.15, 0.2) is 42.6 Å². The molecule has 0 atom stereocenters. The lowest BCUT2D eigenvalue weighted by Crippen LogP contribution is -2.38. The summed E-state index contributed by atoms with van der Waals surface area (Å²) >= 11 is 5.76. The Bertz CT molecular complexity index is 731. The quantitative estimate of drug-likeness (QED) is 0.556. The van der Waals surface area contributed by atoms with Crippen molar-refractivity contribution in [1.29, 1.82) is 0 Å². The van der Waals surface area contributed by atoms with Gasteiger partial charge in [0.2, 0.25) is 0 Å². The van der Waals surface area contributed by atoms with E-state index in [1.54, 1.807) is 24.3 Å². The Kier molecular flexibility index (Phi) is 6.58. The first-order valence-electron chi connectivity index (χ1n) is 8.85. The molecule has 0 bridgehead atoms. The molecule has 0 aliphatic carbocycles. The Labute approximate surface area is 157 Å². The average molecular weight is 377 g/mol. The summed E-state index contributed by atoms with van der Waals surface area (Å²) in [5, 5.41) is 0.385. The standard InChI is InChI=1S/C20H22ClFN2O2/c21-19-6-5-16(13-23-19)20(25)24-10-7-15(8-11-24)9-12-26-14-17-3-1-2-4-18(17)22/h1-6,13,15H,7-12,14H2. The van der Waals surface area contributed by atoms with Crippen LogP contribution in [0.5, 0.6) is 0 Å². The van der Waals surface area contributed by atoms with E-state index in [-0.39, 0.29) is 11.7 Å². The number of likely N-dealkylation sites (tertiary alicyclic amines) is 1. The van der Waals surface area contributed by atoms with Crippen molar-refractivity contribution in [2.75, 3.05) is 19.7 Å². The molecule has 0 radical (unpaired) electrons.